The Morgan fingerprint density at radius 2 is 1.10 bits per heavy atom. The Labute approximate surface area is 190 Å². The van der Waals surface area contributed by atoms with Crippen molar-refractivity contribution in [1.29, 1.82) is 0 Å². The fourth-order valence-electron chi connectivity index (χ4n) is 2.69. The maximum atomic E-state index is 9.49. The first-order chi connectivity index (χ1) is 15.1. The van der Waals surface area contributed by atoms with Gasteiger partial charge in [0.1, 0.15) is 5.75 Å². The molecular formula is C28H39O2P. The molecule has 0 saturated heterocycles. The molecule has 0 aliphatic carbocycles. The molecule has 3 aromatic carbocycles. The van der Waals surface area contributed by atoms with Gasteiger partial charge in [-0.25, -0.2) is 0 Å². The van der Waals surface area contributed by atoms with Crippen LogP contribution in [0.15, 0.2) is 84.9 Å². The van der Waals surface area contributed by atoms with Crippen LogP contribution >= 0.6 is 7.92 Å². The lowest BCUT2D eigenvalue weighted by molar-refractivity contribution is 0.234. The lowest BCUT2D eigenvalue weighted by Crippen LogP contribution is -2.20. The lowest BCUT2D eigenvalue weighted by Gasteiger charge is -2.19. The summed E-state index contributed by atoms with van der Waals surface area (Å²) < 4.78 is 0. The summed E-state index contributed by atoms with van der Waals surface area (Å²) in [5.74, 6) is 0.801. The third kappa shape index (κ3) is 10.6. The molecule has 1 unspecified atom stereocenters. The Bertz CT molecular complexity index is 743. The molecule has 2 N–H and O–H groups in total. The highest BCUT2D eigenvalue weighted by atomic mass is 31.1. The molecule has 31 heavy (non-hydrogen) atoms. The summed E-state index contributed by atoms with van der Waals surface area (Å²) in [6, 6.07) is 28.6. The monoisotopic (exact) mass is 438 g/mol. The first-order valence-electron chi connectivity index (χ1n) is 11.4. The van der Waals surface area contributed by atoms with Gasteiger partial charge in [-0.15, -0.1) is 0 Å². The lowest BCUT2D eigenvalue weighted by atomic mass is 10.1. The Morgan fingerprint density at radius 1 is 0.677 bits per heavy atom. The van der Waals surface area contributed by atoms with Crippen molar-refractivity contribution in [2.45, 2.75) is 53.4 Å². The Kier molecular flexibility index (Phi) is 14.3. The summed E-state index contributed by atoms with van der Waals surface area (Å²) in [5, 5.41) is 21.7. The van der Waals surface area contributed by atoms with Crippen LogP contribution in [0.2, 0.25) is 0 Å². The Balaban J connectivity index is 0.000000365. The van der Waals surface area contributed by atoms with Crippen LogP contribution in [0.3, 0.4) is 0 Å². The molecule has 0 bridgehead atoms. The third-order valence-electron chi connectivity index (χ3n) is 4.85. The maximum Gasteiger partial charge on any atom is 0.115 e. The minimum absolute atomic E-state index is 0.310. The molecular weight excluding hydrogens is 399 g/mol. The van der Waals surface area contributed by atoms with Crippen molar-refractivity contribution in [1.82, 2.24) is 0 Å². The minimum atomic E-state index is -0.569. The van der Waals surface area contributed by atoms with Gasteiger partial charge >= 0.3 is 0 Å². The van der Waals surface area contributed by atoms with Gasteiger partial charge < -0.3 is 10.2 Å². The van der Waals surface area contributed by atoms with Crippen molar-refractivity contribution < 1.29 is 10.2 Å². The van der Waals surface area contributed by atoms with Gasteiger partial charge in [0.2, 0.25) is 0 Å². The van der Waals surface area contributed by atoms with Crippen LogP contribution in [-0.4, -0.2) is 16.8 Å². The second kappa shape index (κ2) is 16.5. The average molecular weight is 439 g/mol. The fraction of sp³-hybridized carbons (Fsp3) is 0.357. The summed E-state index contributed by atoms with van der Waals surface area (Å²) in [4.78, 5) is 0. The quantitative estimate of drug-likeness (QED) is 0.421. The van der Waals surface area contributed by atoms with Gasteiger partial charge in [-0.05, 0) is 41.9 Å². The number of benzene rings is 3. The van der Waals surface area contributed by atoms with Crippen molar-refractivity contribution >= 4 is 23.8 Å². The average Bonchev–Trinajstić information content (AvgIpc) is 2.83. The molecule has 0 aliphatic heterocycles. The number of rotatable bonds is 7. The van der Waals surface area contributed by atoms with E-state index in [2.05, 4.69) is 69.3 Å². The number of aliphatic hydroxyl groups excluding tert-OH is 1. The molecule has 0 spiro atoms. The molecule has 3 heteroatoms. The van der Waals surface area contributed by atoms with Gasteiger partial charge in [-0.3, -0.25) is 0 Å². The first kappa shape index (κ1) is 26.9. The normalized spacial score (nSPS) is 11.0. The highest BCUT2D eigenvalue weighted by molar-refractivity contribution is 7.79. The fourth-order valence-corrected chi connectivity index (χ4v) is 4.97. The molecule has 0 heterocycles. The van der Waals surface area contributed by atoms with E-state index >= 15 is 0 Å². The molecule has 2 nitrogen and oxygen atoms in total. The minimum Gasteiger partial charge on any atom is -0.508 e. The number of aliphatic hydroxyl groups is 1. The van der Waals surface area contributed by atoms with E-state index in [1.165, 1.54) is 35.2 Å². The summed E-state index contributed by atoms with van der Waals surface area (Å²) in [6.07, 6.45) is 5.16. The van der Waals surface area contributed by atoms with E-state index < -0.39 is 7.92 Å². The third-order valence-corrected chi connectivity index (χ3v) is 7.30. The Hall–Kier alpha value is -2.15. The molecule has 3 aromatic rings. The maximum absolute atomic E-state index is 9.49. The standard InChI is InChI=1S/C18H15OP.C5H12O.C5H12/c19-15-11-13-18(14-12-15)20(16-7-3-1-4-8-16)17-9-5-2-6-10-17;1-3-5(2)4-6;1-3-5-4-2/h1-14,19H;5-6H,3-4H2,1-2H3;3-5H2,1-2H3. The number of phenolic OH excluding ortho intramolecular Hbond substituents is 1. The van der Waals surface area contributed by atoms with Crippen LogP contribution in [-0.2, 0) is 0 Å². The van der Waals surface area contributed by atoms with Crippen molar-refractivity contribution in [2.75, 3.05) is 6.61 Å². The zero-order chi connectivity index (χ0) is 22.9. The van der Waals surface area contributed by atoms with E-state index in [1.807, 2.05) is 31.2 Å². The van der Waals surface area contributed by atoms with Crippen LogP contribution in [0, 0.1) is 5.92 Å². The number of unbranched alkanes of at least 4 members (excludes halogenated alkanes) is 2. The topological polar surface area (TPSA) is 40.5 Å². The summed E-state index contributed by atoms with van der Waals surface area (Å²) in [5.41, 5.74) is 0. The van der Waals surface area contributed by atoms with Crippen molar-refractivity contribution in [3.05, 3.63) is 84.9 Å². The van der Waals surface area contributed by atoms with Crippen molar-refractivity contribution in [2.24, 2.45) is 5.92 Å². The summed E-state index contributed by atoms with van der Waals surface area (Å²) in [7, 11) is -0.569. The molecule has 0 radical (unpaired) electrons. The van der Waals surface area contributed by atoms with E-state index in [0.29, 0.717) is 18.3 Å². The van der Waals surface area contributed by atoms with Crippen LogP contribution < -0.4 is 15.9 Å². The predicted octanol–water partition coefficient (Wildman–Crippen LogP) is 6.37. The smallest absolute Gasteiger partial charge is 0.115 e. The summed E-state index contributed by atoms with van der Waals surface area (Å²) in [6.45, 7) is 8.85. The Morgan fingerprint density at radius 3 is 1.39 bits per heavy atom. The number of aromatic hydroxyl groups is 1. The van der Waals surface area contributed by atoms with Crippen molar-refractivity contribution in [3.63, 3.8) is 0 Å². The van der Waals surface area contributed by atoms with Crippen LogP contribution in [0.25, 0.3) is 0 Å². The van der Waals surface area contributed by atoms with Gasteiger partial charge in [0.25, 0.3) is 0 Å². The number of phenols is 1. The van der Waals surface area contributed by atoms with E-state index in [1.54, 1.807) is 12.1 Å². The second-order valence-corrected chi connectivity index (χ2v) is 9.79. The first-order valence-corrected chi connectivity index (χ1v) is 12.7. The highest BCUT2D eigenvalue weighted by Gasteiger charge is 2.15. The molecule has 0 aromatic heterocycles. The van der Waals surface area contributed by atoms with E-state index in [0.717, 1.165) is 6.42 Å². The van der Waals surface area contributed by atoms with E-state index in [4.69, 9.17) is 5.11 Å². The van der Waals surface area contributed by atoms with E-state index in [-0.39, 0.29) is 0 Å². The molecule has 1 atom stereocenters. The zero-order valence-corrected chi connectivity index (χ0v) is 20.4. The summed E-state index contributed by atoms with van der Waals surface area (Å²) >= 11 is 0. The van der Waals surface area contributed by atoms with Gasteiger partial charge in [-0.1, -0.05) is 126 Å². The molecule has 168 valence electrons. The molecule has 0 amide bonds. The van der Waals surface area contributed by atoms with Gasteiger partial charge in [0.05, 0.1) is 0 Å². The van der Waals surface area contributed by atoms with Crippen LogP contribution in [0.4, 0.5) is 0 Å². The highest BCUT2D eigenvalue weighted by Crippen LogP contribution is 2.32. The van der Waals surface area contributed by atoms with Gasteiger partial charge in [0.15, 0.2) is 0 Å². The molecule has 0 saturated carbocycles. The molecule has 3 rings (SSSR count). The second-order valence-electron chi connectivity index (χ2n) is 7.57. The van der Waals surface area contributed by atoms with Crippen LogP contribution in [0.1, 0.15) is 53.4 Å². The SMILES string of the molecule is CCC(C)CO.CCCCC.Oc1ccc(P(c2ccccc2)c2ccccc2)cc1. The van der Waals surface area contributed by atoms with Crippen LogP contribution in [0.5, 0.6) is 5.75 Å². The van der Waals surface area contributed by atoms with Gasteiger partial charge in [0, 0.05) is 6.61 Å². The zero-order valence-electron chi connectivity index (χ0n) is 19.5. The van der Waals surface area contributed by atoms with Gasteiger partial charge in [-0.2, -0.15) is 0 Å². The largest absolute Gasteiger partial charge is 0.508 e. The number of hydrogen-bond acceptors (Lipinski definition) is 2. The predicted molar refractivity (Wildman–Crippen MR) is 139 cm³/mol. The van der Waals surface area contributed by atoms with Crippen molar-refractivity contribution in [3.8, 4) is 5.75 Å². The number of hydrogen-bond donors (Lipinski definition) is 2. The molecule has 0 aliphatic rings. The van der Waals surface area contributed by atoms with E-state index in [9.17, 15) is 5.11 Å². The molecule has 0 fully saturated rings.